The molecule has 0 saturated carbocycles. The number of hydrogen-bond acceptors (Lipinski definition) is 9. The van der Waals surface area contributed by atoms with Crippen molar-refractivity contribution < 1.29 is 14.3 Å². The summed E-state index contributed by atoms with van der Waals surface area (Å²) in [6.07, 6.45) is 0.807. The number of rotatable bonds is 5. The van der Waals surface area contributed by atoms with Gasteiger partial charge < -0.3 is 24.7 Å². The summed E-state index contributed by atoms with van der Waals surface area (Å²) in [4.78, 5) is 31.0. The maximum Gasteiger partial charge on any atom is 0.287 e. The molecule has 0 aliphatic carbocycles. The Hall–Kier alpha value is -2.50. The van der Waals surface area contributed by atoms with Gasteiger partial charge in [0.15, 0.2) is 17.3 Å². The fourth-order valence-corrected chi connectivity index (χ4v) is 3.06. The number of H-pyrrole nitrogens is 1. The first-order chi connectivity index (χ1) is 12.7. The normalized spacial score (nSPS) is 20.5. The predicted octanol–water partition coefficient (Wildman–Crippen LogP) is -0.745. The van der Waals surface area contributed by atoms with E-state index in [4.69, 9.17) is 9.47 Å². The first kappa shape index (κ1) is 16.9. The smallest absolute Gasteiger partial charge is 0.287 e. The Morgan fingerprint density at radius 3 is 2.77 bits per heavy atom. The molecule has 0 spiro atoms. The number of aromatic amines is 1. The summed E-state index contributed by atoms with van der Waals surface area (Å²) in [5, 5.41) is 2.93. The van der Waals surface area contributed by atoms with Crippen LogP contribution in [0.25, 0.3) is 11.2 Å². The molecule has 2 aliphatic rings. The van der Waals surface area contributed by atoms with Crippen LogP contribution in [0.5, 0.6) is 0 Å². The van der Waals surface area contributed by atoms with Gasteiger partial charge in [0.25, 0.3) is 5.91 Å². The summed E-state index contributed by atoms with van der Waals surface area (Å²) in [6.45, 7) is 3.88. The van der Waals surface area contributed by atoms with Crippen molar-refractivity contribution in [2.45, 2.75) is 12.5 Å². The van der Waals surface area contributed by atoms with Gasteiger partial charge in [0.05, 0.1) is 25.9 Å². The van der Waals surface area contributed by atoms with Crippen LogP contribution >= 0.6 is 0 Å². The van der Waals surface area contributed by atoms with Crippen LogP contribution in [-0.4, -0.2) is 78.4 Å². The van der Waals surface area contributed by atoms with Crippen LogP contribution in [0.2, 0.25) is 0 Å². The molecule has 0 aromatic carbocycles. The summed E-state index contributed by atoms with van der Waals surface area (Å²) < 4.78 is 10.7. The number of ether oxygens (including phenoxy) is 2. The third kappa shape index (κ3) is 3.41. The van der Waals surface area contributed by atoms with Crippen molar-refractivity contribution in [2.24, 2.45) is 0 Å². The van der Waals surface area contributed by atoms with E-state index >= 15 is 0 Å². The van der Waals surface area contributed by atoms with E-state index in [-0.39, 0.29) is 17.8 Å². The van der Waals surface area contributed by atoms with Crippen LogP contribution < -0.4 is 21.1 Å². The predicted molar refractivity (Wildman–Crippen MR) is 94.1 cm³/mol. The number of anilines is 2. The second-order valence-electron chi connectivity index (χ2n) is 6.16. The Morgan fingerprint density at radius 1 is 1.19 bits per heavy atom. The topological polar surface area (TPSA) is 129 Å². The molecule has 140 valence electrons. The van der Waals surface area contributed by atoms with Crippen molar-refractivity contribution in [3.05, 3.63) is 5.82 Å². The van der Waals surface area contributed by atoms with Gasteiger partial charge in [-0.1, -0.05) is 0 Å². The highest BCUT2D eigenvalue weighted by atomic mass is 16.5. The quantitative estimate of drug-likeness (QED) is 0.508. The van der Waals surface area contributed by atoms with E-state index in [0.717, 1.165) is 6.42 Å². The molecule has 4 N–H and O–H groups in total. The molecular formula is C15H22N8O3. The summed E-state index contributed by atoms with van der Waals surface area (Å²) in [5.41, 5.74) is 6.76. The Labute approximate surface area is 149 Å². The van der Waals surface area contributed by atoms with E-state index in [1.54, 1.807) is 7.05 Å². The molecule has 1 unspecified atom stereocenters. The number of nitrogens with zero attached hydrogens (tertiary/aromatic N) is 4. The van der Waals surface area contributed by atoms with Crippen molar-refractivity contribution in [1.82, 2.24) is 30.7 Å². The van der Waals surface area contributed by atoms with Crippen molar-refractivity contribution in [2.75, 3.05) is 56.9 Å². The first-order valence-corrected chi connectivity index (χ1v) is 8.66. The minimum Gasteiger partial charge on any atom is -0.379 e. The molecule has 1 atom stereocenters. The average molecular weight is 362 g/mol. The number of carbonyl (C=O) groups excluding carboxylic acids is 1. The zero-order chi connectivity index (χ0) is 17.9. The fourth-order valence-electron chi connectivity index (χ4n) is 3.06. The highest BCUT2D eigenvalue weighted by molar-refractivity contribution is 5.96. The largest absolute Gasteiger partial charge is 0.379 e. The molecule has 0 bridgehead atoms. The highest BCUT2D eigenvalue weighted by Gasteiger charge is 2.24. The SMILES string of the molecule is CNNc1nc(N2CCOCC2)c2[nH]c(C(=O)NC3CCOC3)nc2n1. The molecule has 2 saturated heterocycles. The molecular weight excluding hydrogens is 340 g/mol. The maximum absolute atomic E-state index is 12.5. The third-order valence-corrected chi connectivity index (χ3v) is 4.36. The van der Waals surface area contributed by atoms with Gasteiger partial charge in [-0.15, -0.1) is 0 Å². The van der Waals surface area contributed by atoms with Gasteiger partial charge in [0.1, 0.15) is 5.52 Å². The third-order valence-electron chi connectivity index (χ3n) is 4.36. The van der Waals surface area contributed by atoms with Crippen LogP contribution in [-0.2, 0) is 9.47 Å². The molecule has 1 amide bonds. The average Bonchev–Trinajstić information content (AvgIpc) is 3.31. The minimum atomic E-state index is -0.269. The Balaban J connectivity index is 1.66. The second-order valence-corrected chi connectivity index (χ2v) is 6.16. The van der Waals surface area contributed by atoms with E-state index in [2.05, 4.69) is 41.0 Å². The minimum absolute atomic E-state index is 0.0158. The number of hydrogen-bond donors (Lipinski definition) is 4. The van der Waals surface area contributed by atoms with Gasteiger partial charge in [-0.2, -0.15) is 9.97 Å². The van der Waals surface area contributed by atoms with Gasteiger partial charge in [0.2, 0.25) is 5.95 Å². The van der Waals surface area contributed by atoms with Crippen molar-refractivity contribution in [3.63, 3.8) is 0 Å². The van der Waals surface area contributed by atoms with Gasteiger partial charge in [-0.25, -0.2) is 10.4 Å². The van der Waals surface area contributed by atoms with Crippen LogP contribution in [0.15, 0.2) is 0 Å². The molecule has 2 aliphatic heterocycles. The lowest BCUT2D eigenvalue weighted by Crippen LogP contribution is -2.37. The second kappa shape index (κ2) is 7.40. The number of carbonyl (C=O) groups is 1. The van der Waals surface area contributed by atoms with E-state index in [1.165, 1.54) is 0 Å². The van der Waals surface area contributed by atoms with E-state index in [9.17, 15) is 4.79 Å². The van der Waals surface area contributed by atoms with Crippen LogP contribution in [0.1, 0.15) is 17.0 Å². The zero-order valence-electron chi connectivity index (χ0n) is 14.5. The number of aromatic nitrogens is 4. The number of fused-ring (bicyclic) bond motifs is 1. The molecule has 0 radical (unpaired) electrons. The van der Waals surface area contributed by atoms with Gasteiger partial charge in [-0.3, -0.25) is 10.2 Å². The van der Waals surface area contributed by atoms with Gasteiger partial charge in [0, 0.05) is 26.7 Å². The fraction of sp³-hybridized carbons (Fsp3) is 0.600. The van der Waals surface area contributed by atoms with Crippen molar-refractivity contribution in [3.8, 4) is 0 Å². The number of hydrazine groups is 1. The number of nitrogens with one attached hydrogen (secondary N) is 4. The Bertz CT molecular complexity index is 783. The van der Waals surface area contributed by atoms with E-state index in [0.29, 0.717) is 62.4 Å². The molecule has 2 fully saturated rings. The summed E-state index contributed by atoms with van der Waals surface area (Å²) in [5.74, 6) is 1.04. The Kier molecular flexibility index (Phi) is 4.82. The maximum atomic E-state index is 12.5. The lowest BCUT2D eigenvalue weighted by atomic mass is 10.2. The molecule has 11 heteroatoms. The first-order valence-electron chi connectivity index (χ1n) is 8.66. The number of morpholine rings is 1. The molecule has 26 heavy (non-hydrogen) atoms. The standard InChI is InChI=1S/C15H22N8O3/c1-16-22-15-20-11-10(13(21-15)23-3-6-25-7-4-23)18-12(19-11)14(24)17-9-2-5-26-8-9/h9,16H,2-8H2,1H3,(H,17,24)(H2,18,19,20,21,22). The summed E-state index contributed by atoms with van der Waals surface area (Å²) in [6, 6.07) is 0.0158. The summed E-state index contributed by atoms with van der Waals surface area (Å²) in [7, 11) is 1.73. The lowest BCUT2D eigenvalue weighted by molar-refractivity contribution is 0.0920. The van der Waals surface area contributed by atoms with Crippen LogP contribution in [0.4, 0.5) is 11.8 Å². The number of amides is 1. The Morgan fingerprint density at radius 2 is 2.04 bits per heavy atom. The van der Waals surface area contributed by atoms with Crippen LogP contribution in [0.3, 0.4) is 0 Å². The van der Waals surface area contributed by atoms with Crippen molar-refractivity contribution >= 4 is 28.8 Å². The number of imidazole rings is 1. The monoisotopic (exact) mass is 362 g/mol. The van der Waals surface area contributed by atoms with Crippen molar-refractivity contribution in [1.29, 1.82) is 0 Å². The van der Waals surface area contributed by atoms with E-state index in [1.807, 2.05) is 0 Å². The molecule has 2 aromatic heterocycles. The highest BCUT2D eigenvalue weighted by Crippen LogP contribution is 2.24. The van der Waals surface area contributed by atoms with E-state index < -0.39 is 0 Å². The molecule has 4 rings (SSSR count). The zero-order valence-corrected chi connectivity index (χ0v) is 14.5. The summed E-state index contributed by atoms with van der Waals surface area (Å²) >= 11 is 0. The molecule has 11 nitrogen and oxygen atoms in total. The molecule has 2 aromatic rings. The van der Waals surface area contributed by atoms with Gasteiger partial charge in [-0.05, 0) is 6.42 Å². The van der Waals surface area contributed by atoms with Crippen LogP contribution in [0, 0.1) is 0 Å². The molecule has 4 heterocycles. The van der Waals surface area contributed by atoms with Gasteiger partial charge >= 0.3 is 0 Å². The lowest BCUT2D eigenvalue weighted by Gasteiger charge is -2.28.